The van der Waals surface area contributed by atoms with Gasteiger partial charge >= 0.3 is 63.9 Å². The fraction of sp³-hybridized carbons (Fsp3) is 0.444. The number of imidazole rings is 3. The summed E-state index contributed by atoms with van der Waals surface area (Å²) in [7, 11) is -32.4. The fourth-order valence-electron chi connectivity index (χ4n) is 18.0. The number of hydrogen-bond acceptors (Lipinski definition) is 44. The van der Waals surface area contributed by atoms with Crippen LogP contribution in [-0.4, -0.2) is 236 Å². The Labute approximate surface area is 822 Å². The molecule has 13 aromatic rings. The second-order valence-electron chi connectivity index (χ2n) is 34.8. The van der Waals surface area contributed by atoms with Crippen LogP contribution in [0, 0.1) is 26.2 Å². The molecule has 4 aromatic carbocycles. The number of rotatable bonds is 41. The monoisotopic (exact) mass is 2170 g/mol. The number of nitrogens with two attached hydrogens (primary N) is 4. The number of aromatic nitrogens is 18. The van der Waals surface area contributed by atoms with Crippen molar-refractivity contribution in [1.82, 2.24) is 92.3 Å². The molecule has 6 unspecified atom stereocenters. The molecule has 24 atom stereocenters. The van der Waals surface area contributed by atoms with E-state index < -0.39 is 262 Å². The molecular formula is C81H93N23O37P6. The summed E-state index contributed by atoms with van der Waals surface area (Å²) in [6.07, 6.45) is -17.3. The quantitative estimate of drug-likeness (QED) is 0.0113. The number of hydrogen-bond donors (Lipinski definition) is 15. The van der Waals surface area contributed by atoms with Crippen molar-refractivity contribution < 1.29 is 140 Å². The van der Waals surface area contributed by atoms with Crippen LogP contribution in [0.1, 0.15) is 105 Å². The van der Waals surface area contributed by atoms with Gasteiger partial charge in [-0.25, -0.2) is 71.8 Å². The second-order valence-corrected chi connectivity index (χ2v) is 43.6. The van der Waals surface area contributed by atoms with E-state index in [0.717, 1.165) is 71.1 Å². The van der Waals surface area contributed by atoms with Gasteiger partial charge in [0.05, 0.1) is 71.3 Å². The van der Waals surface area contributed by atoms with E-state index in [4.69, 9.17) is 112 Å². The first-order valence-corrected chi connectivity index (χ1v) is 54.0. The van der Waals surface area contributed by atoms with Crippen molar-refractivity contribution in [1.29, 1.82) is 0 Å². The summed E-state index contributed by atoms with van der Waals surface area (Å²) in [5.41, 5.74) is 17.9. The van der Waals surface area contributed by atoms with Crippen molar-refractivity contribution in [2.75, 3.05) is 69.2 Å². The largest absolute Gasteiger partial charge is 0.472 e. The molecule has 19 N–H and O–H groups in total. The number of aliphatic hydroxyl groups excluding tert-OH is 1. The number of phosphoric acid groups is 5. The zero-order valence-corrected chi connectivity index (χ0v) is 82.1. The molecule has 6 aliphatic rings. The number of unbranched alkanes of at least 4 members (excludes halogenated alkanes) is 1. The van der Waals surface area contributed by atoms with E-state index in [1.807, 2.05) is 54.6 Å². The molecule has 784 valence electrons. The molecule has 9 aromatic heterocycles. The van der Waals surface area contributed by atoms with Gasteiger partial charge < -0.3 is 80.9 Å². The van der Waals surface area contributed by atoms with Crippen LogP contribution in [0.5, 0.6) is 0 Å². The second kappa shape index (κ2) is 41.8. The Morgan fingerprint density at radius 3 is 1.29 bits per heavy atom. The van der Waals surface area contributed by atoms with Gasteiger partial charge in [0.1, 0.15) is 122 Å². The first kappa shape index (κ1) is 104. The Morgan fingerprint density at radius 2 is 0.837 bits per heavy atom. The van der Waals surface area contributed by atoms with Crippen LogP contribution in [-0.2, 0) is 117 Å². The molecule has 6 fully saturated rings. The Morgan fingerprint density at radius 1 is 0.442 bits per heavy atom. The fourth-order valence-corrected chi connectivity index (χ4v) is 24.1. The van der Waals surface area contributed by atoms with Crippen molar-refractivity contribution >= 4 is 136 Å². The summed E-state index contributed by atoms with van der Waals surface area (Å²) < 4.78 is 200. The highest BCUT2D eigenvalue weighted by Crippen LogP contribution is 2.58. The van der Waals surface area contributed by atoms with Crippen LogP contribution in [0.3, 0.4) is 0 Å². The molecule has 0 amide bonds. The molecule has 147 heavy (non-hydrogen) atoms. The summed E-state index contributed by atoms with van der Waals surface area (Å²) in [6, 6.07) is 18.9. The smallest absolute Gasteiger partial charge is 0.390 e. The predicted molar refractivity (Wildman–Crippen MR) is 505 cm³/mol. The third kappa shape index (κ3) is 22.9. The molecule has 19 rings (SSSR count). The molecule has 0 saturated carbocycles. The molecular weight excluding hydrogens is 2070 g/mol. The molecule has 0 aliphatic carbocycles. The molecule has 0 radical (unpaired) electrons. The number of nitrogen functional groups attached to an aromatic ring is 4. The summed E-state index contributed by atoms with van der Waals surface area (Å²) in [6.45, 7) is -3.60. The number of phosphoric ester groups is 5. The molecule has 0 bridgehead atoms. The van der Waals surface area contributed by atoms with Gasteiger partial charge in [0.25, 0.3) is 22.2 Å². The van der Waals surface area contributed by atoms with Gasteiger partial charge in [-0.05, 0) is 64.2 Å². The minimum absolute atomic E-state index is 0.0549. The van der Waals surface area contributed by atoms with Gasteiger partial charge in [-0.3, -0.25) is 121 Å². The van der Waals surface area contributed by atoms with E-state index in [1.54, 1.807) is 0 Å². The SMILES string of the molecule is C#CCCCOP(=O)(NCc1ccc2ccc3cccc4ccc1c2c34)OC[C@H]1O[C@@H](n2cnc3c(=O)[nH]c(N)nc32)C[C@@H]1OP(=O)(O)OC[C@H]1O[C@@H](n2cnc3c(N)ncnc32)C[C@@H]1OP(=O)(O)OC[C@H]1O[C@@H](n2cc(C)c(=O)[nH]c2=O)C[C@@H]1OP(=O)(O)OC[C@H]1O[C@@H](n2ccc(N)nc2=O)C[C@@H]1OP(=O)(O)OC[C@H]1O[C@@H](n2cnc3c(=O)[nH]c(N)nc32)C[C@@H]1OP(=O)(O)OC[C@H]1O[C@@H](n2cc(C)c(=O)[nH]c2=O)C[C@@H]1O. The van der Waals surface area contributed by atoms with E-state index in [-0.39, 0.29) is 107 Å². The number of nitrogens with zero attached hydrogens (tertiary/aromatic N) is 14. The van der Waals surface area contributed by atoms with Crippen LogP contribution in [0.15, 0.2) is 138 Å². The zero-order chi connectivity index (χ0) is 104. The Bertz CT molecular complexity index is 8020. The number of terminal acetylenes is 1. The van der Waals surface area contributed by atoms with Crippen LogP contribution < -0.4 is 67.3 Å². The van der Waals surface area contributed by atoms with Gasteiger partial charge in [0.2, 0.25) is 11.9 Å². The first-order valence-electron chi connectivity index (χ1n) is 44.9. The number of aromatic amines is 4. The molecule has 0 spiro atoms. The number of anilines is 4. The first-order chi connectivity index (χ1) is 69.9. The summed E-state index contributed by atoms with van der Waals surface area (Å²) in [4.78, 5) is 191. The third-order valence-corrected chi connectivity index (χ3v) is 31.6. The van der Waals surface area contributed by atoms with Gasteiger partial charge in [-0.1, -0.05) is 54.6 Å². The average Bonchev–Trinajstić information content (AvgIpc) is 1.70. The number of aliphatic hydroxyl groups is 1. The number of fused-ring (bicyclic) bond motifs is 3. The highest BCUT2D eigenvalue weighted by molar-refractivity contribution is 7.51. The lowest BCUT2D eigenvalue weighted by molar-refractivity contribution is -0.0650. The lowest BCUT2D eigenvalue weighted by atomic mass is 9.92. The zero-order valence-electron chi connectivity index (χ0n) is 76.7. The average molecular weight is 2170 g/mol. The standard InChI is InChI=1S/C81H93N23O37P6/c1-4-5-6-18-124-142(113,91-25-43-13-12-42-11-10-40-8-7-9-41-14-15-44(43)65(42)64(40)41)125-29-52-48(23-62(134-52)103-36-89-67-71(103)93-77(84)95-75(67)108)139-146(120,121)129-32-55-49(22-61(135-55)102-35-88-66-69(83)86-34-87-70(66)102)141-147(122,123)128-31-54-47(21-60(133-54)101-27-39(3)74(107)98-81(101)112)138-145(118,119)127-30-53-46(20-59(132-53)99-17-16-57(82)92-79(99)110)137-144(116,117)130-33-56-50(24-63(136-56)104-37-90-68-72(104)94-78(85)96-76(68)109)140-143(114,115)126-28-51-45(105)19-58(131-51)100-26-38(2)73(106)97-80(100)111/h1,7-17,26-27,34-37,45-56,58-63,105H,5-6,18-25,28-33H2,2-3H3,(H,91,113)(H,114,115)(H,116,117)(H,118,119)(H,120,121)(H,122,123)(H2,82,92,110)(H2,83,86,87)(H,97,106,111)(H,98,107,112)(H3,84,93,95,108)(H3,85,94,96,109)/t45-,46-,47-,48-,49-,50-,51+,52+,53+,54+,55+,56+,58+,59+,60+,61+,62+,63+,142?/m0/s1. The highest BCUT2D eigenvalue weighted by Gasteiger charge is 2.53. The maximum atomic E-state index is 15.2. The van der Waals surface area contributed by atoms with E-state index in [1.165, 1.54) is 52.5 Å². The lowest BCUT2D eigenvalue weighted by Crippen LogP contribution is -2.33. The van der Waals surface area contributed by atoms with Crippen LogP contribution >= 0.6 is 46.9 Å². The minimum atomic E-state index is -5.72. The Balaban J connectivity index is 0.542. The van der Waals surface area contributed by atoms with E-state index >= 15 is 4.57 Å². The van der Waals surface area contributed by atoms with Gasteiger partial charge in [0.15, 0.2) is 33.8 Å². The van der Waals surface area contributed by atoms with Gasteiger partial charge in [-0.2, -0.15) is 15.0 Å². The van der Waals surface area contributed by atoms with Gasteiger partial charge in [0, 0.05) is 81.2 Å². The number of nitrogens with one attached hydrogen (secondary N) is 5. The lowest BCUT2D eigenvalue weighted by Gasteiger charge is -2.26. The van der Waals surface area contributed by atoms with E-state index in [0.29, 0.717) is 5.56 Å². The molecule has 66 heteroatoms. The number of H-pyrrole nitrogens is 4. The third-order valence-electron chi connectivity index (χ3n) is 25.0. The highest BCUT2D eigenvalue weighted by atomic mass is 31.2. The maximum absolute atomic E-state index is 15.2. The van der Waals surface area contributed by atoms with E-state index in [9.17, 15) is 86.0 Å². The van der Waals surface area contributed by atoms with Crippen molar-refractivity contribution in [2.45, 2.75) is 182 Å². The molecule has 15 heterocycles. The topological polar surface area (TPSA) is 821 Å². The molecule has 60 nitrogen and oxygen atoms in total. The summed E-state index contributed by atoms with van der Waals surface area (Å²) in [5, 5.41) is 19.7. The van der Waals surface area contributed by atoms with Crippen molar-refractivity contribution in [2.24, 2.45) is 0 Å². The summed E-state index contributed by atoms with van der Waals surface area (Å²) in [5.74, 6) is 1.48. The van der Waals surface area contributed by atoms with E-state index in [2.05, 4.69) is 70.8 Å². The molecule has 6 aliphatic heterocycles. The summed E-state index contributed by atoms with van der Waals surface area (Å²) >= 11 is 0. The van der Waals surface area contributed by atoms with Crippen LogP contribution in [0.25, 0.3) is 65.8 Å². The van der Waals surface area contributed by atoms with Crippen LogP contribution in [0.4, 0.5) is 23.5 Å². The minimum Gasteiger partial charge on any atom is -0.390 e. The number of aryl methyl sites for hydroxylation is 2. The predicted octanol–water partition coefficient (Wildman–Crippen LogP) is 3.23. The number of benzene rings is 4. The van der Waals surface area contributed by atoms with Crippen LogP contribution in [0.2, 0.25) is 0 Å². The van der Waals surface area contributed by atoms with Crippen molar-refractivity contribution in [3.05, 3.63) is 194 Å². The van der Waals surface area contributed by atoms with Crippen molar-refractivity contribution in [3.8, 4) is 12.3 Å². The Kier molecular flexibility index (Phi) is 29.6. The molecule has 6 saturated heterocycles. The van der Waals surface area contributed by atoms with Gasteiger partial charge in [-0.15, -0.1) is 12.3 Å². The Hall–Kier alpha value is -11.4. The number of ether oxygens (including phenoxy) is 6. The normalized spacial score (nSPS) is 26.9. The maximum Gasteiger partial charge on any atom is 0.472 e. The van der Waals surface area contributed by atoms with Crippen molar-refractivity contribution in [3.63, 3.8) is 0 Å².